The average molecular weight is 452 g/mol. The van der Waals surface area contributed by atoms with Crippen LogP contribution in [0.4, 0.5) is 5.69 Å². The van der Waals surface area contributed by atoms with Gasteiger partial charge in [-0.15, -0.1) is 0 Å². The van der Waals surface area contributed by atoms with Gasteiger partial charge in [-0.25, -0.2) is 8.42 Å². The summed E-state index contributed by atoms with van der Waals surface area (Å²) in [5, 5.41) is 2.77. The second-order valence-corrected chi connectivity index (χ2v) is 10.1. The molecule has 2 fully saturated rings. The monoisotopic (exact) mass is 451 g/mol. The van der Waals surface area contributed by atoms with Gasteiger partial charge in [0.05, 0.1) is 10.6 Å². The fraction of sp³-hybridized carbons (Fsp3) is 0.619. The second kappa shape index (κ2) is 9.13. The molecule has 1 aromatic carbocycles. The zero-order chi connectivity index (χ0) is 22.0. The van der Waals surface area contributed by atoms with Gasteiger partial charge in [-0.05, 0) is 43.9 Å². The quantitative estimate of drug-likeness (QED) is 0.704. The molecule has 0 aliphatic carbocycles. The van der Waals surface area contributed by atoms with Crippen molar-refractivity contribution in [3.05, 3.63) is 18.2 Å². The van der Waals surface area contributed by atoms with Crippen LogP contribution < -0.4 is 10.1 Å². The lowest BCUT2D eigenvalue weighted by Gasteiger charge is -2.35. The molecule has 2 saturated heterocycles. The number of anilines is 1. The van der Waals surface area contributed by atoms with Crippen LogP contribution in [0.5, 0.6) is 5.75 Å². The summed E-state index contributed by atoms with van der Waals surface area (Å²) in [4.78, 5) is 26.6. The standard InChI is InChI=1S/C21H29N3O6S/c1-2-3-5-18-20(25)22-16-14-15(7-8-17(16)30-18)31(27,28)24-11-9-23(10-12-24)21(26)19-6-4-13-29-19/h7-8,14,18-19H,2-6,9-13H2,1H3,(H,22,25)/t18-,19-/m1/s1. The molecule has 0 unspecified atom stereocenters. The Bertz CT molecular complexity index is 936. The fourth-order valence-corrected chi connectivity index (χ4v) is 5.59. The first-order chi connectivity index (χ1) is 14.9. The largest absolute Gasteiger partial charge is 0.478 e. The summed E-state index contributed by atoms with van der Waals surface area (Å²) in [6, 6.07) is 4.55. The van der Waals surface area contributed by atoms with Gasteiger partial charge < -0.3 is 19.7 Å². The first kappa shape index (κ1) is 22.0. The Morgan fingerprint density at radius 1 is 1.23 bits per heavy atom. The van der Waals surface area contributed by atoms with Gasteiger partial charge >= 0.3 is 0 Å². The molecule has 0 bridgehead atoms. The van der Waals surface area contributed by atoms with Crippen LogP contribution in [0.3, 0.4) is 0 Å². The van der Waals surface area contributed by atoms with E-state index in [2.05, 4.69) is 5.32 Å². The number of carbonyl (C=O) groups excluding carboxylic acids is 2. The maximum Gasteiger partial charge on any atom is 0.265 e. The van der Waals surface area contributed by atoms with E-state index >= 15 is 0 Å². The molecule has 2 amide bonds. The molecule has 4 rings (SSSR count). The van der Waals surface area contributed by atoms with E-state index in [0.29, 0.717) is 37.6 Å². The van der Waals surface area contributed by atoms with Crippen molar-refractivity contribution in [2.45, 2.75) is 56.1 Å². The zero-order valence-corrected chi connectivity index (χ0v) is 18.5. The Kier molecular flexibility index (Phi) is 6.49. The number of carbonyl (C=O) groups is 2. The van der Waals surface area contributed by atoms with Crippen molar-refractivity contribution < 1.29 is 27.5 Å². The topological polar surface area (TPSA) is 105 Å². The number of benzene rings is 1. The van der Waals surface area contributed by atoms with Gasteiger partial charge in [-0.3, -0.25) is 9.59 Å². The van der Waals surface area contributed by atoms with Crippen molar-refractivity contribution >= 4 is 27.5 Å². The van der Waals surface area contributed by atoms with E-state index in [-0.39, 0.29) is 29.8 Å². The lowest BCUT2D eigenvalue weighted by atomic mass is 10.1. The predicted molar refractivity (Wildman–Crippen MR) is 113 cm³/mol. The fourth-order valence-electron chi connectivity index (χ4n) is 4.14. The summed E-state index contributed by atoms with van der Waals surface area (Å²) in [6.07, 6.45) is 3.11. The van der Waals surface area contributed by atoms with E-state index in [0.717, 1.165) is 25.7 Å². The Morgan fingerprint density at radius 3 is 2.68 bits per heavy atom. The highest BCUT2D eigenvalue weighted by atomic mass is 32.2. The molecule has 10 heteroatoms. The summed E-state index contributed by atoms with van der Waals surface area (Å²) in [5.41, 5.74) is 0.367. The molecule has 0 aromatic heterocycles. The summed E-state index contributed by atoms with van der Waals surface area (Å²) >= 11 is 0. The molecule has 9 nitrogen and oxygen atoms in total. The smallest absolute Gasteiger partial charge is 0.265 e. The van der Waals surface area contributed by atoms with Crippen LogP contribution in [0.2, 0.25) is 0 Å². The van der Waals surface area contributed by atoms with Crippen LogP contribution in [0, 0.1) is 0 Å². The maximum atomic E-state index is 13.1. The van der Waals surface area contributed by atoms with Crippen LogP contribution in [-0.4, -0.2) is 74.4 Å². The predicted octanol–water partition coefficient (Wildman–Crippen LogP) is 1.59. The molecule has 3 heterocycles. The van der Waals surface area contributed by atoms with Gasteiger partial charge in [-0.2, -0.15) is 4.31 Å². The first-order valence-electron chi connectivity index (χ1n) is 10.9. The van der Waals surface area contributed by atoms with Gasteiger partial charge in [0, 0.05) is 32.8 Å². The van der Waals surface area contributed by atoms with Crippen molar-refractivity contribution in [1.82, 2.24) is 9.21 Å². The molecule has 31 heavy (non-hydrogen) atoms. The number of nitrogens with one attached hydrogen (secondary N) is 1. The molecule has 170 valence electrons. The minimum Gasteiger partial charge on any atom is -0.478 e. The van der Waals surface area contributed by atoms with Crippen molar-refractivity contribution in [3.8, 4) is 5.75 Å². The third-order valence-corrected chi connectivity index (χ3v) is 7.88. The van der Waals surface area contributed by atoms with Crippen LogP contribution in [0.1, 0.15) is 39.0 Å². The SMILES string of the molecule is CCCC[C@H]1Oc2ccc(S(=O)(=O)N3CCN(C(=O)[C@H]4CCCO4)CC3)cc2NC1=O. The number of ether oxygens (including phenoxy) is 2. The highest BCUT2D eigenvalue weighted by Crippen LogP contribution is 2.34. The number of sulfonamides is 1. The third kappa shape index (κ3) is 4.56. The number of hydrogen-bond acceptors (Lipinski definition) is 6. The number of hydrogen-bond donors (Lipinski definition) is 1. The average Bonchev–Trinajstić information content (AvgIpc) is 3.32. The minimum absolute atomic E-state index is 0.0548. The van der Waals surface area contributed by atoms with Crippen molar-refractivity contribution in [3.63, 3.8) is 0 Å². The summed E-state index contributed by atoms with van der Waals surface area (Å²) < 4.78 is 38.9. The number of unbranched alkanes of at least 4 members (excludes halogenated alkanes) is 1. The summed E-state index contributed by atoms with van der Waals surface area (Å²) in [6.45, 7) is 3.76. The van der Waals surface area contributed by atoms with E-state index in [4.69, 9.17) is 9.47 Å². The highest BCUT2D eigenvalue weighted by molar-refractivity contribution is 7.89. The van der Waals surface area contributed by atoms with Gasteiger partial charge in [0.15, 0.2) is 6.10 Å². The van der Waals surface area contributed by atoms with Crippen LogP contribution in [0.25, 0.3) is 0 Å². The molecule has 3 aliphatic heterocycles. The Morgan fingerprint density at radius 2 is 2.00 bits per heavy atom. The van der Waals surface area contributed by atoms with E-state index in [1.807, 2.05) is 6.92 Å². The zero-order valence-electron chi connectivity index (χ0n) is 17.7. The van der Waals surface area contributed by atoms with Crippen LogP contribution in [0.15, 0.2) is 23.1 Å². The number of fused-ring (bicyclic) bond motifs is 1. The Balaban J connectivity index is 1.42. The molecular formula is C21H29N3O6S. The number of piperazine rings is 1. The van der Waals surface area contributed by atoms with Crippen LogP contribution in [-0.2, 0) is 24.3 Å². The molecule has 1 N–H and O–H groups in total. The van der Waals surface area contributed by atoms with E-state index < -0.39 is 22.2 Å². The van der Waals surface area contributed by atoms with Crippen LogP contribution >= 0.6 is 0 Å². The third-order valence-electron chi connectivity index (χ3n) is 5.98. The maximum absolute atomic E-state index is 13.1. The lowest BCUT2D eigenvalue weighted by Crippen LogP contribution is -2.52. The molecular weight excluding hydrogens is 422 g/mol. The molecule has 0 spiro atoms. The highest BCUT2D eigenvalue weighted by Gasteiger charge is 2.35. The van der Waals surface area contributed by atoms with E-state index in [9.17, 15) is 18.0 Å². The Labute approximate surface area is 182 Å². The summed E-state index contributed by atoms with van der Waals surface area (Å²) in [7, 11) is -3.75. The van der Waals surface area contributed by atoms with Crippen molar-refractivity contribution in [2.75, 3.05) is 38.1 Å². The summed E-state index contributed by atoms with van der Waals surface area (Å²) in [5.74, 6) is 0.171. The Hall–Kier alpha value is -2.17. The number of rotatable bonds is 6. The number of amides is 2. The van der Waals surface area contributed by atoms with Gasteiger partial charge in [0.2, 0.25) is 10.0 Å². The second-order valence-electron chi connectivity index (χ2n) is 8.13. The minimum atomic E-state index is -3.75. The van der Waals surface area contributed by atoms with Gasteiger partial charge in [0.1, 0.15) is 11.9 Å². The number of nitrogens with zero attached hydrogens (tertiary/aromatic N) is 2. The van der Waals surface area contributed by atoms with Gasteiger partial charge in [0.25, 0.3) is 11.8 Å². The van der Waals surface area contributed by atoms with E-state index in [1.165, 1.54) is 16.4 Å². The molecule has 0 saturated carbocycles. The van der Waals surface area contributed by atoms with Gasteiger partial charge in [-0.1, -0.05) is 13.3 Å². The van der Waals surface area contributed by atoms with Crippen molar-refractivity contribution in [1.29, 1.82) is 0 Å². The molecule has 2 atom stereocenters. The molecule has 3 aliphatic rings. The lowest BCUT2D eigenvalue weighted by molar-refractivity contribution is -0.142. The molecule has 1 aromatic rings. The van der Waals surface area contributed by atoms with Crippen molar-refractivity contribution in [2.24, 2.45) is 0 Å². The first-order valence-corrected chi connectivity index (χ1v) is 12.4. The molecule has 0 radical (unpaired) electrons. The normalized spacial score (nSPS) is 24.4. The van der Waals surface area contributed by atoms with E-state index in [1.54, 1.807) is 11.0 Å².